The molecule has 3 heterocycles. The third kappa shape index (κ3) is 6.63. The molecule has 0 N–H and O–H groups in total. The van der Waals surface area contributed by atoms with E-state index in [-0.39, 0.29) is 0 Å². The Bertz CT molecular complexity index is 4050. The third-order valence-electron chi connectivity index (χ3n) is 12.7. The molecule has 12 aromatic rings. The second-order valence-electron chi connectivity index (χ2n) is 16.6. The van der Waals surface area contributed by atoms with Gasteiger partial charge in [0.25, 0.3) is 0 Å². The van der Waals surface area contributed by atoms with E-state index in [1.807, 2.05) is 146 Å². The summed E-state index contributed by atoms with van der Waals surface area (Å²) >= 11 is 0. The van der Waals surface area contributed by atoms with E-state index < -0.39 is 0 Å². The molecule has 0 unspecified atom stereocenters. The van der Waals surface area contributed by atoms with Crippen LogP contribution in [-0.2, 0) is 0 Å². The van der Waals surface area contributed by atoms with E-state index in [2.05, 4.69) is 88.0 Å². The normalized spacial score (nSPS) is 11.2. The van der Waals surface area contributed by atoms with Gasteiger partial charge in [-0.3, -0.25) is 0 Å². The highest BCUT2D eigenvalue weighted by Crippen LogP contribution is 2.42. The standard InChI is InChI=1S/C60H34N8/c61-35-38-19-23-41(24-20-38)44-25-29-54(67-52-17-9-7-15-46(52)49-31-39(36-62)21-27-55(49)67)48(33-44)45-26-30-57(68-53-18-10-8-16-47(53)50-32-40(37-63)22-28-56(50)68)51(34-45)60-65-58(42-11-3-1-4-12-42)64-59(66-60)43-13-5-2-6-14-43/h1-34H. The van der Waals surface area contributed by atoms with Crippen molar-refractivity contribution in [2.24, 2.45) is 0 Å². The van der Waals surface area contributed by atoms with Gasteiger partial charge in [-0.15, -0.1) is 0 Å². The monoisotopic (exact) mass is 866 g/mol. The van der Waals surface area contributed by atoms with Crippen LogP contribution in [0.25, 0.3) is 111 Å². The largest absolute Gasteiger partial charge is 0.309 e. The molecular formula is C60H34N8. The van der Waals surface area contributed by atoms with Crippen LogP contribution in [0.1, 0.15) is 16.7 Å². The molecular weight excluding hydrogens is 833 g/mol. The lowest BCUT2D eigenvalue weighted by atomic mass is 9.94. The van der Waals surface area contributed by atoms with Crippen molar-refractivity contribution in [2.75, 3.05) is 0 Å². The smallest absolute Gasteiger partial charge is 0.166 e. The predicted octanol–water partition coefficient (Wildman–Crippen LogP) is 14.0. The molecule has 0 aliphatic rings. The number of hydrogen-bond donors (Lipinski definition) is 0. The maximum absolute atomic E-state index is 10.0. The second-order valence-corrected chi connectivity index (χ2v) is 16.6. The van der Waals surface area contributed by atoms with Crippen molar-refractivity contribution in [1.29, 1.82) is 15.8 Å². The summed E-state index contributed by atoms with van der Waals surface area (Å²) in [5, 5.41) is 33.6. The molecule has 0 amide bonds. The van der Waals surface area contributed by atoms with Gasteiger partial charge in [-0.25, -0.2) is 15.0 Å². The molecule has 0 radical (unpaired) electrons. The Morgan fingerprint density at radius 1 is 0.294 bits per heavy atom. The molecule has 314 valence electrons. The van der Waals surface area contributed by atoms with E-state index in [0.29, 0.717) is 34.2 Å². The lowest BCUT2D eigenvalue weighted by Gasteiger charge is -2.19. The number of nitriles is 3. The Morgan fingerprint density at radius 2 is 0.706 bits per heavy atom. The van der Waals surface area contributed by atoms with Gasteiger partial charge in [-0.2, -0.15) is 15.8 Å². The molecule has 0 spiro atoms. The van der Waals surface area contributed by atoms with E-state index in [4.69, 9.17) is 15.0 Å². The molecule has 0 aliphatic heterocycles. The first kappa shape index (κ1) is 39.6. The third-order valence-corrected chi connectivity index (χ3v) is 12.7. The van der Waals surface area contributed by atoms with Gasteiger partial charge in [0, 0.05) is 43.8 Å². The fourth-order valence-electron chi connectivity index (χ4n) is 9.49. The molecule has 0 saturated heterocycles. The van der Waals surface area contributed by atoms with Crippen molar-refractivity contribution < 1.29 is 0 Å². The van der Waals surface area contributed by atoms with Crippen LogP contribution in [0.3, 0.4) is 0 Å². The minimum atomic E-state index is 0.486. The summed E-state index contributed by atoms with van der Waals surface area (Å²) < 4.78 is 4.52. The molecule has 12 rings (SSSR count). The number of hydrogen-bond acceptors (Lipinski definition) is 6. The van der Waals surface area contributed by atoms with Crippen molar-refractivity contribution in [3.63, 3.8) is 0 Å². The number of fused-ring (bicyclic) bond motifs is 6. The summed E-state index contributed by atoms with van der Waals surface area (Å²) in [4.78, 5) is 15.7. The van der Waals surface area contributed by atoms with E-state index in [1.165, 1.54) is 0 Å². The van der Waals surface area contributed by atoms with E-state index >= 15 is 0 Å². The summed E-state index contributed by atoms with van der Waals surface area (Å²) in [5.41, 5.74) is 13.7. The lowest BCUT2D eigenvalue weighted by molar-refractivity contribution is 1.06. The van der Waals surface area contributed by atoms with Gasteiger partial charge in [0.05, 0.1) is 68.3 Å². The van der Waals surface area contributed by atoms with Gasteiger partial charge in [-0.1, -0.05) is 121 Å². The SMILES string of the molecule is N#Cc1ccc(-c2ccc(-n3c4ccccc4c4cc(C#N)ccc43)c(-c3ccc(-n4c5ccccc5c5cc(C#N)ccc54)c(-c4nc(-c5ccccc5)nc(-c5ccccc5)n4)c3)c2)cc1. The molecule has 0 aliphatic carbocycles. The zero-order chi connectivity index (χ0) is 45.7. The van der Waals surface area contributed by atoms with Crippen LogP contribution in [-0.4, -0.2) is 24.1 Å². The molecule has 0 saturated carbocycles. The summed E-state index contributed by atoms with van der Waals surface area (Å²) in [6.07, 6.45) is 0. The summed E-state index contributed by atoms with van der Waals surface area (Å²) in [5.74, 6) is 1.56. The number of benzene rings is 9. The van der Waals surface area contributed by atoms with Crippen molar-refractivity contribution in [3.05, 3.63) is 223 Å². The first-order chi connectivity index (χ1) is 33.6. The topological polar surface area (TPSA) is 120 Å². The number of para-hydroxylation sites is 2. The van der Waals surface area contributed by atoms with Crippen molar-refractivity contribution in [3.8, 4) is 86.0 Å². The molecule has 8 nitrogen and oxygen atoms in total. The molecule has 3 aromatic heterocycles. The summed E-state index contributed by atoms with van der Waals surface area (Å²) in [6.45, 7) is 0. The van der Waals surface area contributed by atoms with Crippen LogP contribution in [0.2, 0.25) is 0 Å². The fraction of sp³-hybridized carbons (Fsp3) is 0. The minimum Gasteiger partial charge on any atom is -0.309 e. The van der Waals surface area contributed by atoms with Gasteiger partial charge in [0.1, 0.15) is 0 Å². The second kappa shape index (κ2) is 16.2. The van der Waals surface area contributed by atoms with Crippen molar-refractivity contribution in [2.45, 2.75) is 0 Å². The van der Waals surface area contributed by atoms with Crippen LogP contribution in [0.5, 0.6) is 0 Å². The van der Waals surface area contributed by atoms with Crippen LogP contribution in [0.15, 0.2) is 206 Å². The van der Waals surface area contributed by atoms with Crippen LogP contribution >= 0.6 is 0 Å². The van der Waals surface area contributed by atoms with E-state index in [9.17, 15) is 15.8 Å². The number of aromatic nitrogens is 5. The molecule has 0 bridgehead atoms. The zero-order valence-electron chi connectivity index (χ0n) is 36.2. The molecule has 68 heavy (non-hydrogen) atoms. The highest BCUT2D eigenvalue weighted by Gasteiger charge is 2.23. The maximum Gasteiger partial charge on any atom is 0.166 e. The predicted molar refractivity (Wildman–Crippen MR) is 270 cm³/mol. The minimum absolute atomic E-state index is 0.486. The van der Waals surface area contributed by atoms with Crippen LogP contribution in [0.4, 0.5) is 0 Å². The highest BCUT2D eigenvalue weighted by atomic mass is 15.1. The van der Waals surface area contributed by atoms with E-state index in [0.717, 1.165) is 93.9 Å². The average Bonchev–Trinajstić information content (AvgIpc) is 3.92. The van der Waals surface area contributed by atoms with E-state index in [1.54, 1.807) is 0 Å². The maximum atomic E-state index is 10.0. The number of nitrogens with zero attached hydrogens (tertiary/aromatic N) is 8. The van der Waals surface area contributed by atoms with Gasteiger partial charge in [0.15, 0.2) is 17.5 Å². The molecule has 0 fully saturated rings. The Hall–Kier alpha value is -9.94. The Morgan fingerprint density at radius 3 is 1.24 bits per heavy atom. The zero-order valence-corrected chi connectivity index (χ0v) is 36.2. The van der Waals surface area contributed by atoms with Crippen molar-refractivity contribution >= 4 is 43.6 Å². The van der Waals surface area contributed by atoms with Crippen molar-refractivity contribution in [1.82, 2.24) is 24.1 Å². The summed E-state index contributed by atoms with van der Waals surface area (Å²) in [7, 11) is 0. The molecule has 9 aromatic carbocycles. The number of rotatable bonds is 7. The average molecular weight is 867 g/mol. The summed E-state index contributed by atoms with van der Waals surface area (Å²) in [6, 6.07) is 75.8. The lowest BCUT2D eigenvalue weighted by Crippen LogP contribution is -2.04. The van der Waals surface area contributed by atoms with Gasteiger partial charge < -0.3 is 9.13 Å². The first-order valence-corrected chi connectivity index (χ1v) is 22.1. The molecule has 0 atom stereocenters. The first-order valence-electron chi connectivity index (χ1n) is 22.1. The quantitative estimate of drug-likeness (QED) is 0.157. The van der Waals surface area contributed by atoms with Gasteiger partial charge in [0.2, 0.25) is 0 Å². The van der Waals surface area contributed by atoms with Gasteiger partial charge in [-0.05, 0) is 102 Å². The van der Waals surface area contributed by atoms with Crippen LogP contribution in [0, 0.1) is 34.0 Å². The van der Waals surface area contributed by atoms with Gasteiger partial charge >= 0.3 is 0 Å². The highest BCUT2D eigenvalue weighted by molar-refractivity contribution is 6.11. The fourth-order valence-corrected chi connectivity index (χ4v) is 9.49. The van der Waals surface area contributed by atoms with Crippen LogP contribution < -0.4 is 0 Å². The Kier molecular flexibility index (Phi) is 9.47. The Labute approximate surface area is 390 Å². The molecule has 8 heteroatoms. The Balaban J connectivity index is 1.19.